The highest BCUT2D eigenvalue weighted by Gasteiger charge is 2.40. The third-order valence-corrected chi connectivity index (χ3v) is 7.53. The molecule has 1 fully saturated rings. The molecule has 0 atom stereocenters. The number of hydrogen-bond donors (Lipinski definition) is 1. The zero-order chi connectivity index (χ0) is 20.4. The van der Waals surface area contributed by atoms with Crippen molar-refractivity contribution in [3.8, 4) is 11.4 Å². The Balaban J connectivity index is 0.00000300. The number of aromatic nitrogens is 2. The minimum atomic E-state index is -3.09. The maximum Gasteiger partial charge on any atom is 0.228 e. The third kappa shape index (κ3) is 5.60. The first-order valence-corrected chi connectivity index (χ1v) is 11.0. The summed E-state index contributed by atoms with van der Waals surface area (Å²) >= 11 is 5.89. The second kappa shape index (κ2) is 9.61. The molecule has 0 radical (unpaired) electrons. The second-order valence-corrected chi connectivity index (χ2v) is 10.4. The van der Waals surface area contributed by atoms with Gasteiger partial charge in [-0.3, -0.25) is 4.99 Å². The normalized spacial score (nSPS) is 18.2. The third-order valence-electron chi connectivity index (χ3n) is 4.75. The molecule has 0 spiro atoms. The van der Waals surface area contributed by atoms with Crippen LogP contribution in [0.5, 0.6) is 0 Å². The Hall–Kier alpha value is -1.40. The Labute approximate surface area is 193 Å². The van der Waals surface area contributed by atoms with Crippen molar-refractivity contribution in [3.63, 3.8) is 0 Å². The van der Waals surface area contributed by atoms with Gasteiger partial charge in [0.2, 0.25) is 11.7 Å². The molecule has 1 aromatic carbocycles. The summed E-state index contributed by atoms with van der Waals surface area (Å²) in [5.41, 5.74) is 0.833. The first-order chi connectivity index (χ1) is 13.2. The van der Waals surface area contributed by atoms with E-state index in [9.17, 15) is 8.42 Å². The number of nitrogens with one attached hydrogen (secondary N) is 1. The van der Waals surface area contributed by atoms with Crippen LogP contribution in [0.3, 0.4) is 0 Å². The van der Waals surface area contributed by atoms with Crippen LogP contribution in [0.1, 0.15) is 19.7 Å². The van der Waals surface area contributed by atoms with Crippen molar-refractivity contribution in [2.75, 3.05) is 32.4 Å². The SMILES string of the molecule is CN=C(NCCc1nc(-c2ccc(Cl)cc2)no1)N1CCS(=O)(=O)C(C)(C)C1.I. The minimum Gasteiger partial charge on any atom is -0.356 e. The first-order valence-electron chi connectivity index (χ1n) is 8.98. The number of hydrogen-bond acceptors (Lipinski definition) is 6. The predicted octanol–water partition coefficient (Wildman–Crippen LogP) is 2.63. The Morgan fingerprint density at radius 2 is 2.03 bits per heavy atom. The van der Waals surface area contributed by atoms with Crippen molar-refractivity contribution in [3.05, 3.63) is 35.2 Å². The largest absolute Gasteiger partial charge is 0.356 e. The Bertz CT molecular complexity index is 960. The van der Waals surface area contributed by atoms with Crippen LogP contribution in [0.2, 0.25) is 5.02 Å². The van der Waals surface area contributed by atoms with Crippen LogP contribution in [-0.2, 0) is 16.3 Å². The van der Waals surface area contributed by atoms with Gasteiger partial charge in [0.05, 0.1) is 10.5 Å². The molecular formula is C18H25ClIN5O3S. The molecule has 0 bridgehead atoms. The smallest absolute Gasteiger partial charge is 0.228 e. The topological polar surface area (TPSA) is 101 Å². The van der Waals surface area contributed by atoms with Gasteiger partial charge >= 0.3 is 0 Å². The van der Waals surface area contributed by atoms with E-state index < -0.39 is 14.6 Å². The average molecular weight is 554 g/mol. The van der Waals surface area contributed by atoms with E-state index in [0.29, 0.717) is 48.8 Å². The summed E-state index contributed by atoms with van der Waals surface area (Å²) in [6, 6.07) is 7.23. The highest BCUT2D eigenvalue weighted by molar-refractivity contribution is 14.0. The van der Waals surface area contributed by atoms with Crippen LogP contribution in [0, 0.1) is 0 Å². The fraction of sp³-hybridized carbons (Fsp3) is 0.500. The van der Waals surface area contributed by atoms with Crippen LogP contribution in [-0.4, -0.2) is 66.6 Å². The van der Waals surface area contributed by atoms with Crippen molar-refractivity contribution < 1.29 is 12.9 Å². The van der Waals surface area contributed by atoms with Crippen LogP contribution in [0.4, 0.5) is 0 Å². The van der Waals surface area contributed by atoms with Crippen molar-refractivity contribution >= 4 is 51.4 Å². The van der Waals surface area contributed by atoms with E-state index in [0.717, 1.165) is 5.56 Å². The van der Waals surface area contributed by atoms with Crippen LogP contribution in [0.15, 0.2) is 33.8 Å². The van der Waals surface area contributed by atoms with Gasteiger partial charge in [0.1, 0.15) is 0 Å². The molecule has 1 aliphatic heterocycles. The molecule has 0 unspecified atom stereocenters. The lowest BCUT2D eigenvalue weighted by atomic mass is 10.2. The van der Waals surface area contributed by atoms with Crippen molar-refractivity contribution in [2.45, 2.75) is 25.0 Å². The second-order valence-electron chi connectivity index (χ2n) is 7.24. The molecule has 29 heavy (non-hydrogen) atoms. The predicted molar refractivity (Wildman–Crippen MR) is 125 cm³/mol. The summed E-state index contributed by atoms with van der Waals surface area (Å²) in [5, 5.41) is 7.89. The molecule has 160 valence electrons. The quantitative estimate of drug-likeness (QED) is 0.353. The summed E-state index contributed by atoms with van der Waals surface area (Å²) < 4.78 is 28.9. The maximum atomic E-state index is 12.2. The number of rotatable bonds is 4. The van der Waals surface area contributed by atoms with Crippen LogP contribution < -0.4 is 5.32 Å². The van der Waals surface area contributed by atoms with E-state index in [2.05, 4.69) is 20.4 Å². The van der Waals surface area contributed by atoms with E-state index >= 15 is 0 Å². The van der Waals surface area contributed by atoms with Crippen LogP contribution >= 0.6 is 35.6 Å². The van der Waals surface area contributed by atoms with E-state index in [4.69, 9.17) is 16.1 Å². The zero-order valence-corrected chi connectivity index (χ0v) is 20.5. The van der Waals surface area contributed by atoms with Gasteiger partial charge in [0.15, 0.2) is 15.8 Å². The Morgan fingerprint density at radius 1 is 1.34 bits per heavy atom. The van der Waals surface area contributed by atoms with Gasteiger partial charge in [0, 0.05) is 43.7 Å². The molecule has 8 nitrogen and oxygen atoms in total. The minimum absolute atomic E-state index is 0. The number of guanidine groups is 1. The maximum absolute atomic E-state index is 12.2. The molecular weight excluding hydrogens is 529 g/mol. The molecule has 0 saturated carbocycles. The summed E-state index contributed by atoms with van der Waals surface area (Å²) in [5.74, 6) is 1.81. The van der Waals surface area contributed by atoms with Gasteiger partial charge in [-0.25, -0.2) is 8.42 Å². The van der Waals surface area contributed by atoms with Gasteiger partial charge < -0.3 is 14.7 Å². The van der Waals surface area contributed by atoms with Crippen molar-refractivity contribution in [1.82, 2.24) is 20.4 Å². The highest BCUT2D eigenvalue weighted by atomic mass is 127. The lowest BCUT2D eigenvalue weighted by Gasteiger charge is -2.39. The zero-order valence-electron chi connectivity index (χ0n) is 16.6. The van der Waals surface area contributed by atoms with Gasteiger partial charge in [-0.05, 0) is 38.1 Å². The van der Waals surface area contributed by atoms with Gasteiger partial charge in [-0.15, -0.1) is 24.0 Å². The number of sulfone groups is 1. The summed E-state index contributed by atoms with van der Waals surface area (Å²) in [6.45, 7) is 4.86. The fourth-order valence-electron chi connectivity index (χ4n) is 3.01. The molecule has 1 saturated heterocycles. The van der Waals surface area contributed by atoms with Gasteiger partial charge in [0.25, 0.3) is 0 Å². The van der Waals surface area contributed by atoms with E-state index in [1.807, 2.05) is 17.0 Å². The summed E-state index contributed by atoms with van der Waals surface area (Å²) in [4.78, 5) is 10.6. The number of benzene rings is 1. The standard InChI is InChI=1S/C18H24ClN5O3S.HI/c1-18(2)12-24(10-11-28(18,25)26)17(20-3)21-9-8-15-22-16(23-27-15)13-4-6-14(19)7-5-13;/h4-7H,8-12H2,1-3H3,(H,20,21);1H. The van der Waals surface area contributed by atoms with E-state index in [-0.39, 0.29) is 29.7 Å². The van der Waals surface area contributed by atoms with Crippen LogP contribution in [0.25, 0.3) is 11.4 Å². The lowest BCUT2D eigenvalue weighted by molar-refractivity contribution is 0.350. The average Bonchev–Trinajstić information content (AvgIpc) is 3.11. The number of nitrogens with zero attached hydrogens (tertiary/aromatic N) is 4. The highest BCUT2D eigenvalue weighted by Crippen LogP contribution is 2.23. The van der Waals surface area contributed by atoms with Crippen molar-refractivity contribution in [1.29, 1.82) is 0 Å². The molecule has 11 heteroatoms. The number of aliphatic imine (C=N–C) groups is 1. The molecule has 2 heterocycles. The molecule has 0 aliphatic carbocycles. The number of halogens is 2. The van der Waals surface area contributed by atoms with E-state index in [1.54, 1.807) is 33.0 Å². The molecule has 1 aliphatic rings. The molecule has 1 N–H and O–H groups in total. The van der Waals surface area contributed by atoms with E-state index in [1.165, 1.54) is 0 Å². The molecule has 1 aromatic heterocycles. The molecule has 3 rings (SSSR count). The Morgan fingerprint density at radius 3 is 2.66 bits per heavy atom. The van der Waals surface area contributed by atoms with Gasteiger partial charge in [-0.2, -0.15) is 4.98 Å². The van der Waals surface area contributed by atoms with Crippen molar-refractivity contribution in [2.24, 2.45) is 4.99 Å². The van der Waals surface area contributed by atoms with Gasteiger partial charge in [-0.1, -0.05) is 16.8 Å². The first kappa shape index (κ1) is 23.9. The molecule has 2 aromatic rings. The fourth-order valence-corrected chi connectivity index (χ4v) is 4.50. The molecule has 0 amide bonds. The summed E-state index contributed by atoms with van der Waals surface area (Å²) in [6.07, 6.45) is 0.523. The monoisotopic (exact) mass is 553 g/mol. The summed E-state index contributed by atoms with van der Waals surface area (Å²) in [7, 11) is -1.41. The lowest BCUT2D eigenvalue weighted by Crippen LogP contribution is -2.57. The Kier molecular flexibility index (Phi) is 7.91.